The molecule has 1 heterocycles. The summed E-state index contributed by atoms with van der Waals surface area (Å²) >= 11 is 0. The smallest absolute Gasteiger partial charge is 0.152 e. The van der Waals surface area contributed by atoms with E-state index < -0.39 is 9.84 Å². The first-order chi connectivity index (χ1) is 8.03. The second kappa shape index (κ2) is 7.34. The minimum absolute atomic E-state index is 0.246. The Balaban J connectivity index is 2.12. The monoisotopic (exact) mass is 263 g/mol. The molecule has 1 saturated heterocycles. The first kappa shape index (κ1) is 14.9. The fourth-order valence-corrected chi connectivity index (χ4v) is 3.41. The molecule has 1 N–H and O–H groups in total. The van der Waals surface area contributed by atoms with E-state index in [2.05, 4.69) is 11.8 Å². The minimum atomic E-state index is -2.80. The van der Waals surface area contributed by atoms with Crippen LogP contribution in [0.1, 0.15) is 39.0 Å². The van der Waals surface area contributed by atoms with Crippen LogP contribution in [-0.4, -0.2) is 55.7 Å². The summed E-state index contributed by atoms with van der Waals surface area (Å²) < 4.78 is 22.5. The number of nitrogens with zero attached hydrogens (tertiary/aromatic N) is 1. The number of sulfone groups is 1. The molecule has 0 aromatic carbocycles. The lowest BCUT2D eigenvalue weighted by Crippen LogP contribution is -2.43. The van der Waals surface area contributed by atoms with Gasteiger partial charge in [-0.2, -0.15) is 0 Å². The van der Waals surface area contributed by atoms with Crippen molar-refractivity contribution in [2.24, 2.45) is 0 Å². The molecule has 1 aliphatic heterocycles. The van der Waals surface area contributed by atoms with Gasteiger partial charge in [0.25, 0.3) is 0 Å². The van der Waals surface area contributed by atoms with E-state index in [1.54, 1.807) is 0 Å². The van der Waals surface area contributed by atoms with Crippen molar-refractivity contribution in [3.05, 3.63) is 0 Å². The third-order valence-corrected chi connectivity index (χ3v) is 4.91. The highest BCUT2D eigenvalue weighted by Crippen LogP contribution is 2.09. The zero-order valence-corrected chi connectivity index (χ0v) is 11.6. The van der Waals surface area contributed by atoms with Gasteiger partial charge in [0, 0.05) is 19.6 Å². The molecule has 1 rings (SSSR count). The van der Waals surface area contributed by atoms with E-state index in [0.29, 0.717) is 19.6 Å². The van der Waals surface area contributed by atoms with E-state index in [-0.39, 0.29) is 17.6 Å². The van der Waals surface area contributed by atoms with Crippen molar-refractivity contribution >= 4 is 9.84 Å². The number of hydrogen-bond donors (Lipinski definition) is 1. The lowest BCUT2D eigenvalue weighted by atomic mass is 10.1. The number of rotatable bonds is 7. The summed E-state index contributed by atoms with van der Waals surface area (Å²) in [5.74, 6) is 0.491. The molecule has 0 radical (unpaired) electrons. The maximum atomic E-state index is 11.2. The summed E-state index contributed by atoms with van der Waals surface area (Å²) in [6.07, 6.45) is 5.23. The molecule has 1 atom stereocenters. The molecule has 0 saturated carbocycles. The van der Waals surface area contributed by atoms with E-state index in [1.807, 2.05) is 0 Å². The highest BCUT2D eigenvalue weighted by Gasteiger charge is 2.22. The average Bonchev–Trinajstić information content (AvgIpc) is 2.28. The highest BCUT2D eigenvalue weighted by molar-refractivity contribution is 7.91. The van der Waals surface area contributed by atoms with Crippen LogP contribution in [0.2, 0.25) is 0 Å². The van der Waals surface area contributed by atoms with Crippen molar-refractivity contribution in [2.75, 3.05) is 31.1 Å². The van der Waals surface area contributed by atoms with Crippen LogP contribution in [0.15, 0.2) is 0 Å². The first-order valence-corrected chi connectivity index (χ1v) is 8.46. The fourth-order valence-electron chi connectivity index (χ4n) is 2.13. The van der Waals surface area contributed by atoms with Crippen molar-refractivity contribution in [3.8, 4) is 0 Å². The minimum Gasteiger partial charge on any atom is -0.392 e. The molecular formula is C12H25NO3S. The van der Waals surface area contributed by atoms with Gasteiger partial charge in [0.1, 0.15) is 0 Å². The molecule has 17 heavy (non-hydrogen) atoms. The zero-order valence-electron chi connectivity index (χ0n) is 10.8. The molecular weight excluding hydrogens is 238 g/mol. The molecule has 0 amide bonds. The molecule has 0 aromatic rings. The third kappa shape index (κ3) is 6.38. The summed E-state index contributed by atoms with van der Waals surface area (Å²) in [5, 5.41) is 9.84. The number of β-amino-alcohol motifs (C(OH)–C–C–N with tert-alkyl or cyclic N) is 1. The summed E-state index contributed by atoms with van der Waals surface area (Å²) in [6.45, 7) is 3.95. The lowest BCUT2D eigenvalue weighted by molar-refractivity contribution is 0.107. The van der Waals surface area contributed by atoms with Crippen LogP contribution in [0.5, 0.6) is 0 Å². The van der Waals surface area contributed by atoms with E-state index in [0.717, 1.165) is 12.8 Å². The van der Waals surface area contributed by atoms with Crippen LogP contribution in [-0.2, 0) is 9.84 Å². The van der Waals surface area contributed by atoms with Crippen molar-refractivity contribution in [1.29, 1.82) is 0 Å². The standard InChI is InChI=1S/C12H25NO3S/c1-2-3-4-5-6-12(14)11-13-7-9-17(15,16)10-8-13/h12,14H,2-11H2,1H3. The molecule has 4 nitrogen and oxygen atoms in total. The van der Waals surface area contributed by atoms with Crippen molar-refractivity contribution in [2.45, 2.75) is 45.1 Å². The van der Waals surface area contributed by atoms with Gasteiger partial charge in [-0.15, -0.1) is 0 Å². The van der Waals surface area contributed by atoms with Crippen LogP contribution in [0.25, 0.3) is 0 Å². The molecule has 0 bridgehead atoms. The Bertz CT molecular complexity index is 289. The normalized spacial score (nSPS) is 22.5. The quantitative estimate of drug-likeness (QED) is 0.698. The summed E-state index contributed by atoms with van der Waals surface area (Å²) in [5.41, 5.74) is 0. The number of unbranched alkanes of at least 4 members (excludes halogenated alkanes) is 3. The Hall–Kier alpha value is -0.130. The second-order valence-electron chi connectivity index (χ2n) is 4.96. The molecule has 0 aliphatic carbocycles. The van der Waals surface area contributed by atoms with E-state index in [1.165, 1.54) is 19.3 Å². The lowest BCUT2D eigenvalue weighted by Gasteiger charge is -2.28. The predicted molar refractivity (Wildman–Crippen MR) is 69.9 cm³/mol. The highest BCUT2D eigenvalue weighted by atomic mass is 32.2. The van der Waals surface area contributed by atoms with Gasteiger partial charge in [-0.3, -0.25) is 4.90 Å². The summed E-state index contributed by atoms with van der Waals surface area (Å²) in [4.78, 5) is 2.06. The SMILES string of the molecule is CCCCCCC(O)CN1CCS(=O)(=O)CC1. The fraction of sp³-hybridized carbons (Fsp3) is 1.00. The van der Waals surface area contributed by atoms with Crippen LogP contribution < -0.4 is 0 Å². The molecule has 1 unspecified atom stereocenters. The van der Waals surface area contributed by atoms with Gasteiger partial charge in [-0.05, 0) is 6.42 Å². The number of aliphatic hydroxyl groups is 1. The molecule has 1 fully saturated rings. The van der Waals surface area contributed by atoms with Gasteiger partial charge < -0.3 is 5.11 Å². The largest absolute Gasteiger partial charge is 0.392 e. The van der Waals surface area contributed by atoms with Crippen molar-refractivity contribution < 1.29 is 13.5 Å². The third-order valence-electron chi connectivity index (χ3n) is 3.30. The van der Waals surface area contributed by atoms with Crippen LogP contribution >= 0.6 is 0 Å². The molecule has 0 aromatic heterocycles. The zero-order chi connectivity index (χ0) is 12.7. The maximum absolute atomic E-state index is 11.2. The van der Waals surface area contributed by atoms with Gasteiger partial charge in [0.2, 0.25) is 0 Å². The maximum Gasteiger partial charge on any atom is 0.152 e. The number of aliphatic hydroxyl groups excluding tert-OH is 1. The average molecular weight is 263 g/mol. The Morgan fingerprint density at radius 3 is 2.41 bits per heavy atom. The van der Waals surface area contributed by atoms with Crippen LogP contribution in [0.4, 0.5) is 0 Å². The molecule has 0 spiro atoms. The van der Waals surface area contributed by atoms with Crippen LogP contribution in [0, 0.1) is 0 Å². The Morgan fingerprint density at radius 2 is 1.82 bits per heavy atom. The van der Waals surface area contributed by atoms with E-state index >= 15 is 0 Å². The second-order valence-corrected chi connectivity index (χ2v) is 7.26. The predicted octanol–water partition coefficient (Wildman–Crippen LogP) is 1.05. The summed E-state index contributed by atoms with van der Waals surface area (Å²) in [6, 6.07) is 0. The van der Waals surface area contributed by atoms with Gasteiger partial charge >= 0.3 is 0 Å². The van der Waals surface area contributed by atoms with Crippen molar-refractivity contribution in [1.82, 2.24) is 4.90 Å². The Kier molecular flexibility index (Phi) is 6.44. The topological polar surface area (TPSA) is 57.6 Å². The van der Waals surface area contributed by atoms with Crippen molar-refractivity contribution in [3.63, 3.8) is 0 Å². The Morgan fingerprint density at radius 1 is 1.18 bits per heavy atom. The molecule has 5 heteroatoms. The van der Waals surface area contributed by atoms with E-state index in [9.17, 15) is 13.5 Å². The van der Waals surface area contributed by atoms with Gasteiger partial charge in [-0.1, -0.05) is 32.6 Å². The molecule has 102 valence electrons. The van der Waals surface area contributed by atoms with Gasteiger partial charge in [0.05, 0.1) is 17.6 Å². The van der Waals surface area contributed by atoms with Crippen LogP contribution in [0.3, 0.4) is 0 Å². The number of hydrogen-bond acceptors (Lipinski definition) is 4. The van der Waals surface area contributed by atoms with Gasteiger partial charge in [-0.25, -0.2) is 8.42 Å². The molecule has 1 aliphatic rings. The van der Waals surface area contributed by atoms with E-state index in [4.69, 9.17) is 0 Å². The van der Waals surface area contributed by atoms with Gasteiger partial charge in [0.15, 0.2) is 9.84 Å². The first-order valence-electron chi connectivity index (χ1n) is 6.64. The summed E-state index contributed by atoms with van der Waals surface area (Å²) in [7, 11) is -2.80. The Labute approximate surface area is 105 Å².